The monoisotopic (exact) mass is 247 g/mol. The zero-order valence-electron chi connectivity index (χ0n) is 10.5. The van der Waals surface area contributed by atoms with Gasteiger partial charge in [0.15, 0.2) is 6.10 Å². The Labute approximate surface area is 107 Å². The summed E-state index contributed by atoms with van der Waals surface area (Å²) < 4.78 is 5.30. The van der Waals surface area contributed by atoms with Crippen LogP contribution in [0.4, 0.5) is 0 Å². The van der Waals surface area contributed by atoms with E-state index in [1.165, 1.54) is 7.11 Å². The van der Waals surface area contributed by atoms with Gasteiger partial charge in [0.05, 0.1) is 0 Å². The Hall–Kier alpha value is -1.68. The Morgan fingerprint density at radius 3 is 2.39 bits per heavy atom. The summed E-state index contributed by atoms with van der Waals surface area (Å²) in [6, 6.07) is 9.42. The average molecular weight is 247 g/mol. The molecule has 0 saturated carbocycles. The minimum absolute atomic E-state index is 0.0591. The van der Waals surface area contributed by atoms with Gasteiger partial charge in [-0.15, -0.1) is 0 Å². The summed E-state index contributed by atoms with van der Waals surface area (Å²) >= 11 is 0. The second-order valence-corrected chi connectivity index (χ2v) is 4.39. The number of benzene rings is 1. The summed E-state index contributed by atoms with van der Waals surface area (Å²) in [6.45, 7) is 1.01. The summed E-state index contributed by atoms with van der Waals surface area (Å²) in [4.78, 5) is 25.2. The third-order valence-electron chi connectivity index (χ3n) is 3.20. The van der Waals surface area contributed by atoms with Crippen LogP contribution in [0.25, 0.3) is 0 Å². The van der Waals surface area contributed by atoms with Crippen molar-refractivity contribution in [2.75, 3.05) is 20.2 Å². The van der Waals surface area contributed by atoms with E-state index in [1.54, 1.807) is 4.90 Å². The maximum Gasteiger partial charge on any atom is 0.256 e. The lowest BCUT2D eigenvalue weighted by Crippen LogP contribution is -2.41. The zero-order valence-corrected chi connectivity index (χ0v) is 10.5. The summed E-state index contributed by atoms with van der Waals surface area (Å²) in [5.74, 6) is 0.170. The minimum atomic E-state index is -0.570. The molecule has 1 amide bonds. The van der Waals surface area contributed by atoms with Crippen LogP contribution in [0.1, 0.15) is 24.5 Å². The van der Waals surface area contributed by atoms with E-state index >= 15 is 0 Å². The number of likely N-dealkylation sites (tertiary alicyclic amines) is 1. The average Bonchev–Trinajstić information content (AvgIpc) is 2.41. The Bertz CT molecular complexity index is 420. The molecule has 0 N–H and O–H groups in total. The Morgan fingerprint density at radius 2 is 1.83 bits per heavy atom. The van der Waals surface area contributed by atoms with Gasteiger partial charge in [0.25, 0.3) is 5.91 Å². The van der Waals surface area contributed by atoms with Gasteiger partial charge in [0.2, 0.25) is 0 Å². The smallest absolute Gasteiger partial charge is 0.256 e. The van der Waals surface area contributed by atoms with Crippen LogP contribution in [0.2, 0.25) is 0 Å². The van der Waals surface area contributed by atoms with Crippen molar-refractivity contribution >= 4 is 11.7 Å². The van der Waals surface area contributed by atoms with E-state index in [0.29, 0.717) is 25.9 Å². The predicted molar refractivity (Wildman–Crippen MR) is 67.0 cm³/mol. The Kier molecular flexibility index (Phi) is 4.10. The van der Waals surface area contributed by atoms with Crippen LogP contribution in [0, 0.1) is 0 Å². The molecule has 1 atom stereocenters. The van der Waals surface area contributed by atoms with Crippen molar-refractivity contribution in [1.29, 1.82) is 0 Å². The van der Waals surface area contributed by atoms with E-state index in [4.69, 9.17) is 4.74 Å². The number of nitrogens with zero attached hydrogens (tertiary/aromatic N) is 1. The molecule has 96 valence electrons. The van der Waals surface area contributed by atoms with Gasteiger partial charge < -0.3 is 9.64 Å². The van der Waals surface area contributed by atoms with E-state index in [-0.39, 0.29) is 11.7 Å². The molecule has 4 heteroatoms. The quantitative estimate of drug-likeness (QED) is 0.814. The maximum atomic E-state index is 12.3. The summed E-state index contributed by atoms with van der Waals surface area (Å²) in [6.07, 6.45) is 0.341. The molecule has 1 aliphatic heterocycles. The third-order valence-corrected chi connectivity index (χ3v) is 3.20. The zero-order chi connectivity index (χ0) is 13.0. The highest BCUT2D eigenvalue weighted by Gasteiger charge is 2.28. The number of piperidine rings is 1. The number of ether oxygens (including phenoxy) is 1. The summed E-state index contributed by atoms with van der Waals surface area (Å²) in [5, 5.41) is 0. The molecule has 1 heterocycles. The second kappa shape index (κ2) is 5.78. The van der Waals surface area contributed by atoms with Gasteiger partial charge in [-0.05, 0) is 5.56 Å². The molecule has 1 fully saturated rings. The molecular weight excluding hydrogens is 230 g/mol. The number of carbonyl (C=O) groups excluding carboxylic acids is 2. The van der Waals surface area contributed by atoms with Crippen molar-refractivity contribution in [2.24, 2.45) is 0 Å². The number of amides is 1. The molecule has 0 aliphatic carbocycles. The first-order valence-electron chi connectivity index (χ1n) is 6.10. The van der Waals surface area contributed by atoms with Crippen molar-refractivity contribution < 1.29 is 14.3 Å². The summed E-state index contributed by atoms with van der Waals surface area (Å²) in [7, 11) is 1.53. The number of rotatable bonds is 3. The molecular formula is C14H17NO3. The molecule has 1 saturated heterocycles. The van der Waals surface area contributed by atoms with Crippen LogP contribution in [0.15, 0.2) is 30.3 Å². The van der Waals surface area contributed by atoms with Gasteiger partial charge in [0, 0.05) is 33.0 Å². The number of hydrogen-bond acceptors (Lipinski definition) is 3. The molecule has 1 aromatic rings. The standard InChI is InChI=1S/C14H17NO3/c1-18-13(11-5-3-2-4-6-11)14(17)15-9-7-12(16)8-10-15/h2-6,13H,7-10H2,1H3. The molecule has 4 nitrogen and oxygen atoms in total. The molecule has 18 heavy (non-hydrogen) atoms. The van der Waals surface area contributed by atoms with Crippen molar-refractivity contribution in [1.82, 2.24) is 4.90 Å². The van der Waals surface area contributed by atoms with E-state index in [9.17, 15) is 9.59 Å². The third kappa shape index (κ3) is 2.76. The Morgan fingerprint density at radius 1 is 1.22 bits per heavy atom. The van der Waals surface area contributed by atoms with Gasteiger partial charge in [0.1, 0.15) is 5.78 Å². The number of ketones is 1. The fourth-order valence-corrected chi connectivity index (χ4v) is 2.15. The molecule has 1 unspecified atom stereocenters. The first-order chi connectivity index (χ1) is 8.72. The summed E-state index contributed by atoms with van der Waals surface area (Å²) in [5.41, 5.74) is 0.849. The highest BCUT2D eigenvalue weighted by atomic mass is 16.5. The van der Waals surface area contributed by atoms with Gasteiger partial charge in [-0.2, -0.15) is 0 Å². The lowest BCUT2D eigenvalue weighted by atomic mass is 10.1. The van der Waals surface area contributed by atoms with E-state index < -0.39 is 6.10 Å². The maximum absolute atomic E-state index is 12.3. The first-order valence-corrected chi connectivity index (χ1v) is 6.10. The molecule has 1 aliphatic rings. The minimum Gasteiger partial charge on any atom is -0.367 e. The molecule has 0 radical (unpaired) electrons. The second-order valence-electron chi connectivity index (χ2n) is 4.39. The molecule has 0 spiro atoms. The molecule has 2 rings (SSSR count). The van der Waals surface area contributed by atoms with Crippen LogP contribution >= 0.6 is 0 Å². The lowest BCUT2D eigenvalue weighted by molar-refractivity contribution is -0.144. The fourth-order valence-electron chi connectivity index (χ4n) is 2.15. The lowest BCUT2D eigenvalue weighted by Gasteiger charge is -2.29. The number of hydrogen-bond donors (Lipinski definition) is 0. The van der Waals surface area contributed by atoms with Crippen molar-refractivity contribution in [3.63, 3.8) is 0 Å². The normalized spacial score (nSPS) is 17.6. The SMILES string of the molecule is COC(C(=O)N1CCC(=O)CC1)c1ccccc1. The largest absolute Gasteiger partial charge is 0.367 e. The topological polar surface area (TPSA) is 46.6 Å². The van der Waals surface area contributed by atoms with Crippen molar-refractivity contribution in [3.8, 4) is 0 Å². The number of Topliss-reactive ketones (excluding diaryl/α,β-unsaturated/α-hetero) is 1. The van der Waals surface area contributed by atoms with Crippen molar-refractivity contribution in [3.05, 3.63) is 35.9 Å². The molecule has 1 aromatic carbocycles. The van der Waals surface area contributed by atoms with Crippen LogP contribution in [0.3, 0.4) is 0 Å². The molecule has 0 aromatic heterocycles. The van der Waals surface area contributed by atoms with Crippen LogP contribution < -0.4 is 0 Å². The Balaban J connectivity index is 2.09. The van der Waals surface area contributed by atoms with Crippen LogP contribution in [-0.4, -0.2) is 36.8 Å². The highest BCUT2D eigenvalue weighted by Crippen LogP contribution is 2.20. The van der Waals surface area contributed by atoms with Crippen LogP contribution in [0.5, 0.6) is 0 Å². The first kappa shape index (κ1) is 12.8. The van der Waals surface area contributed by atoms with E-state index in [2.05, 4.69) is 0 Å². The van der Waals surface area contributed by atoms with E-state index in [0.717, 1.165) is 5.56 Å². The van der Waals surface area contributed by atoms with E-state index in [1.807, 2.05) is 30.3 Å². The van der Waals surface area contributed by atoms with Crippen molar-refractivity contribution in [2.45, 2.75) is 18.9 Å². The predicted octanol–water partition coefficient (Wildman–Crippen LogP) is 1.57. The van der Waals surface area contributed by atoms with Gasteiger partial charge in [-0.25, -0.2) is 0 Å². The van der Waals surface area contributed by atoms with Gasteiger partial charge >= 0.3 is 0 Å². The van der Waals surface area contributed by atoms with Crippen LogP contribution in [-0.2, 0) is 14.3 Å². The highest BCUT2D eigenvalue weighted by molar-refractivity contribution is 5.86. The molecule has 0 bridgehead atoms. The van der Waals surface area contributed by atoms with Gasteiger partial charge in [-0.1, -0.05) is 30.3 Å². The van der Waals surface area contributed by atoms with Gasteiger partial charge in [-0.3, -0.25) is 9.59 Å². The fraction of sp³-hybridized carbons (Fsp3) is 0.429. The number of carbonyl (C=O) groups is 2. The number of methoxy groups -OCH3 is 1.